The third-order valence-electron chi connectivity index (χ3n) is 2.84. The van der Waals surface area contributed by atoms with Gasteiger partial charge in [-0.25, -0.2) is 8.78 Å². The van der Waals surface area contributed by atoms with Crippen LogP contribution in [0.25, 0.3) is 0 Å². The van der Waals surface area contributed by atoms with E-state index in [1.165, 1.54) is 12.1 Å². The summed E-state index contributed by atoms with van der Waals surface area (Å²) in [5.74, 6) is -0.234. The number of fused-ring (bicyclic) bond motifs is 1. The quantitative estimate of drug-likeness (QED) is 0.729. The van der Waals surface area contributed by atoms with E-state index in [0.717, 1.165) is 13.0 Å². The number of benzene rings is 1. The zero-order valence-corrected chi connectivity index (χ0v) is 8.11. The molecule has 1 unspecified atom stereocenters. The van der Waals surface area contributed by atoms with Crippen molar-refractivity contribution >= 4 is 5.69 Å². The van der Waals surface area contributed by atoms with Crippen LogP contribution in [0.5, 0.6) is 0 Å². The zero-order chi connectivity index (χ0) is 10.1. The Labute approximate surface area is 82.1 Å². The lowest BCUT2D eigenvalue weighted by Gasteiger charge is -2.25. The average molecular weight is 197 g/mol. The number of anilines is 1. The van der Waals surface area contributed by atoms with Gasteiger partial charge in [0.25, 0.3) is 0 Å². The molecule has 0 saturated heterocycles. The Balaban J connectivity index is 2.40. The number of nitrogens with one attached hydrogen (secondary N) is 1. The molecule has 0 fully saturated rings. The summed E-state index contributed by atoms with van der Waals surface area (Å²) < 4.78 is 26.6. The van der Waals surface area contributed by atoms with Gasteiger partial charge in [-0.15, -0.1) is 0 Å². The fourth-order valence-corrected chi connectivity index (χ4v) is 1.88. The third kappa shape index (κ3) is 1.47. The Morgan fingerprint density at radius 3 is 2.79 bits per heavy atom. The lowest BCUT2D eigenvalue weighted by molar-refractivity contribution is 0.489. The Morgan fingerprint density at radius 2 is 2.07 bits per heavy atom. The molecular weight excluding hydrogens is 184 g/mol. The van der Waals surface area contributed by atoms with E-state index in [-0.39, 0.29) is 11.6 Å². The van der Waals surface area contributed by atoms with E-state index < -0.39 is 0 Å². The van der Waals surface area contributed by atoms with Gasteiger partial charge in [-0.1, -0.05) is 13.3 Å². The van der Waals surface area contributed by atoms with Crippen molar-refractivity contribution in [3.8, 4) is 0 Å². The molecule has 0 aromatic heterocycles. The summed E-state index contributed by atoms with van der Waals surface area (Å²) in [7, 11) is 0. The highest BCUT2D eigenvalue weighted by atomic mass is 19.1. The maximum atomic E-state index is 13.4. The normalized spacial score (nSPS) is 20.1. The monoisotopic (exact) mass is 197 g/mol. The van der Waals surface area contributed by atoms with Crippen LogP contribution in [-0.4, -0.2) is 6.54 Å². The van der Waals surface area contributed by atoms with Crippen molar-refractivity contribution < 1.29 is 8.78 Å². The minimum atomic E-state index is -0.351. The molecule has 1 aromatic rings. The first kappa shape index (κ1) is 9.44. The standard InChI is InChI=1S/C11H13F2N/c1-2-7-5-8-9(12)3-4-10(13)11(8)14-6-7/h3-4,7,14H,2,5-6H2,1H3. The maximum Gasteiger partial charge on any atom is 0.146 e. The van der Waals surface area contributed by atoms with Crippen LogP contribution in [0.3, 0.4) is 0 Å². The van der Waals surface area contributed by atoms with Gasteiger partial charge in [-0.3, -0.25) is 0 Å². The SMILES string of the molecule is CCC1CNc2c(F)ccc(F)c2C1. The minimum Gasteiger partial charge on any atom is -0.382 e. The summed E-state index contributed by atoms with van der Waals surface area (Å²) in [6, 6.07) is 2.38. The molecule has 0 amide bonds. The van der Waals surface area contributed by atoms with E-state index in [2.05, 4.69) is 12.2 Å². The second kappa shape index (κ2) is 3.56. The molecule has 1 aromatic carbocycles. The molecule has 0 spiro atoms. The van der Waals surface area contributed by atoms with Gasteiger partial charge in [0.15, 0.2) is 0 Å². The first-order valence-electron chi connectivity index (χ1n) is 4.93. The van der Waals surface area contributed by atoms with Crippen LogP contribution in [0.2, 0.25) is 0 Å². The molecular formula is C11H13F2N. The second-order valence-corrected chi connectivity index (χ2v) is 3.74. The van der Waals surface area contributed by atoms with E-state index in [0.29, 0.717) is 23.6 Å². The summed E-state index contributed by atoms with van der Waals surface area (Å²) in [5, 5.41) is 2.96. The molecule has 1 aliphatic rings. The fourth-order valence-electron chi connectivity index (χ4n) is 1.88. The van der Waals surface area contributed by atoms with Crippen molar-refractivity contribution in [2.45, 2.75) is 19.8 Å². The molecule has 14 heavy (non-hydrogen) atoms. The highest BCUT2D eigenvalue weighted by Gasteiger charge is 2.22. The molecule has 76 valence electrons. The van der Waals surface area contributed by atoms with Crippen LogP contribution in [0, 0.1) is 17.6 Å². The summed E-state index contributed by atoms with van der Waals surface area (Å²) in [6.45, 7) is 2.80. The minimum absolute atomic E-state index is 0.299. The molecule has 1 N–H and O–H groups in total. The van der Waals surface area contributed by atoms with E-state index >= 15 is 0 Å². The van der Waals surface area contributed by atoms with Gasteiger partial charge in [0.2, 0.25) is 0 Å². The summed E-state index contributed by atoms with van der Waals surface area (Å²) >= 11 is 0. The van der Waals surface area contributed by atoms with Crippen molar-refractivity contribution in [1.82, 2.24) is 0 Å². The number of hydrogen-bond acceptors (Lipinski definition) is 1. The molecule has 0 bridgehead atoms. The molecule has 0 aliphatic carbocycles. The van der Waals surface area contributed by atoms with Crippen LogP contribution >= 0.6 is 0 Å². The van der Waals surface area contributed by atoms with Gasteiger partial charge in [0, 0.05) is 12.1 Å². The number of halogens is 2. The van der Waals surface area contributed by atoms with Crippen molar-refractivity contribution in [1.29, 1.82) is 0 Å². The molecule has 1 aliphatic heterocycles. The highest BCUT2D eigenvalue weighted by Crippen LogP contribution is 2.30. The van der Waals surface area contributed by atoms with Gasteiger partial charge in [0.1, 0.15) is 11.6 Å². The highest BCUT2D eigenvalue weighted by molar-refractivity contribution is 5.55. The lowest BCUT2D eigenvalue weighted by atomic mass is 9.91. The topological polar surface area (TPSA) is 12.0 Å². The first-order chi connectivity index (χ1) is 6.72. The Morgan fingerprint density at radius 1 is 1.36 bits per heavy atom. The molecule has 0 radical (unpaired) electrons. The summed E-state index contributed by atoms with van der Waals surface area (Å²) in [4.78, 5) is 0. The second-order valence-electron chi connectivity index (χ2n) is 3.74. The Hall–Kier alpha value is -1.12. The number of hydrogen-bond donors (Lipinski definition) is 1. The number of rotatable bonds is 1. The van der Waals surface area contributed by atoms with Gasteiger partial charge < -0.3 is 5.32 Å². The van der Waals surface area contributed by atoms with Gasteiger partial charge in [-0.2, -0.15) is 0 Å². The van der Waals surface area contributed by atoms with Crippen molar-refractivity contribution in [3.63, 3.8) is 0 Å². The molecule has 1 atom stereocenters. The van der Waals surface area contributed by atoms with Crippen molar-refractivity contribution in [2.24, 2.45) is 5.92 Å². The van der Waals surface area contributed by atoms with Crippen LogP contribution in [0.4, 0.5) is 14.5 Å². The molecule has 3 heteroatoms. The van der Waals surface area contributed by atoms with Crippen LogP contribution < -0.4 is 5.32 Å². The first-order valence-corrected chi connectivity index (χ1v) is 4.93. The van der Waals surface area contributed by atoms with Crippen LogP contribution in [-0.2, 0) is 6.42 Å². The van der Waals surface area contributed by atoms with E-state index in [4.69, 9.17) is 0 Å². The zero-order valence-electron chi connectivity index (χ0n) is 8.11. The predicted molar refractivity (Wildman–Crippen MR) is 52.3 cm³/mol. The third-order valence-corrected chi connectivity index (χ3v) is 2.84. The predicted octanol–water partition coefficient (Wildman–Crippen LogP) is 2.96. The largest absolute Gasteiger partial charge is 0.382 e. The average Bonchev–Trinajstić information content (AvgIpc) is 2.23. The smallest absolute Gasteiger partial charge is 0.146 e. The molecule has 1 heterocycles. The summed E-state index contributed by atoms with van der Waals surface area (Å²) in [6.07, 6.45) is 1.63. The van der Waals surface area contributed by atoms with Gasteiger partial charge >= 0.3 is 0 Å². The molecule has 2 rings (SSSR count). The van der Waals surface area contributed by atoms with Crippen molar-refractivity contribution in [2.75, 3.05) is 11.9 Å². The molecule has 1 nitrogen and oxygen atoms in total. The lowest BCUT2D eigenvalue weighted by Crippen LogP contribution is -2.24. The fraction of sp³-hybridized carbons (Fsp3) is 0.455. The van der Waals surface area contributed by atoms with Crippen LogP contribution in [0.1, 0.15) is 18.9 Å². The molecule has 0 saturated carbocycles. The summed E-state index contributed by atoms with van der Waals surface area (Å²) in [5.41, 5.74) is 0.859. The van der Waals surface area contributed by atoms with E-state index in [1.807, 2.05) is 0 Å². The van der Waals surface area contributed by atoms with Gasteiger partial charge in [-0.05, 0) is 24.5 Å². The van der Waals surface area contributed by atoms with E-state index in [1.54, 1.807) is 0 Å². The maximum absolute atomic E-state index is 13.4. The van der Waals surface area contributed by atoms with Crippen LogP contribution in [0.15, 0.2) is 12.1 Å². The van der Waals surface area contributed by atoms with E-state index in [9.17, 15) is 8.78 Å². The Kier molecular flexibility index (Phi) is 2.40. The van der Waals surface area contributed by atoms with Crippen molar-refractivity contribution in [3.05, 3.63) is 29.3 Å². The Bertz CT molecular complexity index is 349. The van der Waals surface area contributed by atoms with Gasteiger partial charge in [0.05, 0.1) is 5.69 Å².